The van der Waals surface area contributed by atoms with Crippen molar-refractivity contribution in [2.75, 3.05) is 13.7 Å². The number of amides is 1. The van der Waals surface area contributed by atoms with Crippen molar-refractivity contribution in [1.82, 2.24) is 5.32 Å². The van der Waals surface area contributed by atoms with Gasteiger partial charge in [0.05, 0.1) is 26.2 Å². The van der Waals surface area contributed by atoms with E-state index in [0.717, 1.165) is 11.3 Å². The minimum absolute atomic E-state index is 0.122. The highest BCUT2D eigenvalue weighted by Gasteiger charge is 2.12. The van der Waals surface area contributed by atoms with Crippen LogP contribution in [0.1, 0.15) is 31.0 Å². The highest BCUT2D eigenvalue weighted by Crippen LogP contribution is 2.22. The second kappa shape index (κ2) is 8.34. The summed E-state index contributed by atoms with van der Waals surface area (Å²) in [4.78, 5) is 12.2. The molecule has 0 aliphatic carbocycles. The Morgan fingerprint density at radius 3 is 2.50 bits per heavy atom. The number of hydrogen-bond acceptors (Lipinski definition) is 3. The van der Waals surface area contributed by atoms with E-state index in [1.54, 1.807) is 12.1 Å². The van der Waals surface area contributed by atoms with E-state index in [1.165, 1.54) is 13.2 Å². The number of rotatable bonds is 7. The minimum atomic E-state index is -0.442. The van der Waals surface area contributed by atoms with Crippen LogP contribution in [0, 0.1) is 5.82 Å². The molecule has 0 radical (unpaired) electrons. The molecule has 5 heteroatoms. The van der Waals surface area contributed by atoms with E-state index in [-0.39, 0.29) is 24.1 Å². The molecule has 0 fully saturated rings. The number of nitrogens with one attached hydrogen (secondary N) is 1. The molecule has 1 N–H and O–H groups in total. The quantitative estimate of drug-likeness (QED) is 0.842. The fraction of sp³-hybridized carbons (Fsp3) is 0.316. The molecule has 0 aromatic heterocycles. The number of methoxy groups -OCH3 is 1. The molecule has 2 rings (SSSR count). The van der Waals surface area contributed by atoms with Gasteiger partial charge in [-0.2, -0.15) is 0 Å². The predicted octanol–water partition coefficient (Wildman–Crippen LogP) is 3.65. The largest absolute Gasteiger partial charge is 0.494 e. The van der Waals surface area contributed by atoms with Gasteiger partial charge in [-0.3, -0.25) is 4.79 Å². The van der Waals surface area contributed by atoms with E-state index in [4.69, 9.17) is 9.47 Å². The second-order valence-corrected chi connectivity index (χ2v) is 5.44. The lowest BCUT2D eigenvalue weighted by molar-refractivity contribution is -0.121. The Labute approximate surface area is 141 Å². The van der Waals surface area contributed by atoms with Gasteiger partial charge in [-0.25, -0.2) is 4.39 Å². The van der Waals surface area contributed by atoms with E-state index >= 15 is 0 Å². The van der Waals surface area contributed by atoms with Crippen molar-refractivity contribution in [2.45, 2.75) is 26.3 Å². The van der Waals surface area contributed by atoms with Gasteiger partial charge in [0.1, 0.15) is 5.75 Å². The molecule has 0 aliphatic heterocycles. The molecule has 0 saturated heterocycles. The van der Waals surface area contributed by atoms with Gasteiger partial charge in [-0.1, -0.05) is 18.2 Å². The van der Waals surface area contributed by atoms with E-state index in [9.17, 15) is 9.18 Å². The number of carbonyl (C=O) groups is 1. The molecular weight excluding hydrogens is 309 g/mol. The van der Waals surface area contributed by atoms with Crippen LogP contribution in [-0.4, -0.2) is 19.6 Å². The van der Waals surface area contributed by atoms with Crippen molar-refractivity contribution in [3.8, 4) is 11.5 Å². The summed E-state index contributed by atoms with van der Waals surface area (Å²) >= 11 is 0. The van der Waals surface area contributed by atoms with Crippen molar-refractivity contribution >= 4 is 5.91 Å². The standard InChI is InChI=1S/C19H22FNO3/c1-4-24-16-8-5-14(6-9-16)11-19(22)21-13(2)15-7-10-18(23-3)17(20)12-15/h5-10,12-13H,4,11H2,1-3H3,(H,21,22). The molecule has 24 heavy (non-hydrogen) atoms. The van der Waals surface area contributed by atoms with E-state index in [2.05, 4.69) is 5.32 Å². The number of hydrogen-bond donors (Lipinski definition) is 1. The number of benzene rings is 2. The molecule has 0 bridgehead atoms. The van der Waals surface area contributed by atoms with Crippen molar-refractivity contribution in [3.05, 3.63) is 59.4 Å². The van der Waals surface area contributed by atoms with Crippen LogP contribution >= 0.6 is 0 Å². The molecule has 0 saturated carbocycles. The first-order valence-corrected chi connectivity index (χ1v) is 7.88. The summed E-state index contributed by atoms with van der Waals surface area (Å²) in [5.41, 5.74) is 1.58. The molecule has 128 valence electrons. The molecule has 0 heterocycles. The van der Waals surface area contributed by atoms with E-state index < -0.39 is 5.82 Å². The third kappa shape index (κ3) is 4.72. The summed E-state index contributed by atoms with van der Waals surface area (Å²) in [5, 5.41) is 2.87. The maximum Gasteiger partial charge on any atom is 0.224 e. The van der Waals surface area contributed by atoms with Crippen molar-refractivity contribution in [3.63, 3.8) is 0 Å². The van der Waals surface area contributed by atoms with Crippen LogP contribution in [-0.2, 0) is 11.2 Å². The Bertz CT molecular complexity index is 686. The summed E-state index contributed by atoms with van der Waals surface area (Å²) < 4.78 is 24.0. The fourth-order valence-electron chi connectivity index (χ4n) is 2.38. The molecule has 4 nitrogen and oxygen atoms in total. The third-order valence-electron chi connectivity index (χ3n) is 3.65. The predicted molar refractivity (Wildman–Crippen MR) is 90.8 cm³/mol. The SMILES string of the molecule is CCOc1ccc(CC(=O)NC(C)c2ccc(OC)c(F)c2)cc1. The van der Waals surface area contributed by atoms with Crippen LogP contribution < -0.4 is 14.8 Å². The third-order valence-corrected chi connectivity index (χ3v) is 3.65. The lowest BCUT2D eigenvalue weighted by Crippen LogP contribution is -2.28. The zero-order chi connectivity index (χ0) is 17.5. The Morgan fingerprint density at radius 2 is 1.92 bits per heavy atom. The summed E-state index contributed by atoms with van der Waals surface area (Å²) in [6.45, 7) is 4.35. The van der Waals surface area contributed by atoms with Gasteiger partial charge in [-0.05, 0) is 49.2 Å². The van der Waals surface area contributed by atoms with Crippen LogP contribution in [0.15, 0.2) is 42.5 Å². The second-order valence-electron chi connectivity index (χ2n) is 5.44. The van der Waals surface area contributed by atoms with Gasteiger partial charge >= 0.3 is 0 Å². The van der Waals surface area contributed by atoms with Crippen LogP contribution in [0.5, 0.6) is 11.5 Å². The van der Waals surface area contributed by atoms with Crippen LogP contribution in [0.3, 0.4) is 0 Å². The summed E-state index contributed by atoms with van der Waals surface area (Å²) in [6.07, 6.45) is 0.259. The first-order chi connectivity index (χ1) is 11.5. The van der Waals surface area contributed by atoms with Crippen LogP contribution in [0.25, 0.3) is 0 Å². The highest BCUT2D eigenvalue weighted by molar-refractivity contribution is 5.79. The maximum absolute atomic E-state index is 13.7. The van der Waals surface area contributed by atoms with Gasteiger partial charge in [0.25, 0.3) is 0 Å². The smallest absolute Gasteiger partial charge is 0.224 e. The Morgan fingerprint density at radius 1 is 1.21 bits per heavy atom. The first-order valence-electron chi connectivity index (χ1n) is 7.88. The number of carbonyl (C=O) groups excluding carboxylic acids is 1. The molecule has 2 aromatic carbocycles. The van der Waals surface area contributed by atoms with Gasteiger partial charge < -0.3 is 14.8 Å². The molecule has 0 aliphatic rings. The topological polar surface area (TPSA) is 47.6 Å². The monoisotopic (exact) mass is 331 g/mol. The number of halogens is 1. The van der Waals surface area contributed by atoms with Gasteiger partial charge in [-0.15, -0.1) is 0 Å². The Hall–Kier alpha value is -2.56. The normalized spacial score (nSPS) is 11.7. The average molecular weight is 331 g/mol. The summed E-state index contributed by atoms with van der Waals surface area (Å²) in [6, 6.07) is 11.8. The van der Waals surface area contributed by atoms with Gasteiger partial charge in [0, 0.05) is 0 Å². The van der Waals surface area contributed by atoms with Crippen LogP contribution in [0.2, 0.25) is 0 Å². The summed E-state index contributed by atoms with van der Waals surface area (Å²) in [7, 11) is 1.42. The Kier molecular flexibility index (Phi) is 6.18. The van der Waals surface area contributed by atoms with Crippen LogP contribution in [0.4, 0.5) is 4.39 Å². The summed E-state index contributed by atoms with van der Waals surface area (Å²) in [5.74, 6) is 0.404. The van der Waals surface area contributed by atoms with Crippen molar-refractivity contribution < 1.29 is 18.7 Å². The molecule has 1 unspecified atom stereocenters. The van der Waals surface area contributed by atoms with E-state index in [1.807, 2.05) is 38.1 Å². The zero-order valence-electron chi connectivity index (χ0n) is 14.1. The maximum atomic E-state index is 13.7. The molecule has 1 atom stereocenters. The molecule has 1 amide bonds. The highest BCUT2D eigenvalue weighted by atomic mass is 19.1. The lowest BCUT2D eigenvalue weighted by Gasteiger charge is -2.15. The lowest BCUT2D eigenvalue weighted by atomic mass is 10.1. The number of ether oxygens (including phenoxy) is 2. The zero-order valence-corrected chi connectivity index (χ0v) is 14.1. The molecule has 0 spiro atoms. The van der Waals surface area contributed by atoms with Gasteiger partial charge in [0.2, 0.25) is 5.91 Å². The fourth-order valence-corrected chi connectivity index (χ4v) is 2.38. The van der Waals surface area contributed by atoms with Gasteiger partial charge in [0.15, 0.2) is 11.6 Å². The minimum Gasteiger partial charge on any atom is -0.494 e. The van der Waals surface area contributed by atoms with E-state index in [0.29, 0.717) is 12.2 Å². The van der Waals surface area contributed by atoms with Crippen molar-refractivity contribution in [2.24, 2.45) is 0 Å². The molecule has 2 aromatic rings. The first kappa shape index (κ1) is 17.8. The molecular formula is C19H22FNO3. The Balaban J connectivity index is 1.94. The average Bonchev–Trinajstić information content (AvgIpc) is 2.56. The van der Waals surface area contributed by atoms with Crippen molar-refractivity contribution in [1.29, 1.82) is 0 Å².